The minimum absolute atomic E-state index is 0.200. The third-order valence-electron chi connectivity index (χ3n) is 6.15. The lowest BCUT2D eigenvalue weighted by Gasteiger charge is -2.36. The van der Waals surface area contributed by atoms with Gasteiger partial charge < -0.3 is 19.6 Å². The number of fused-ring (bicyclic) bond motifs is 2. The van der Waals surface area contributed by atoms with Gasteiger partial charge in [0.2, 0.25) is 17.3 Å². The van der Waals surface area contributed by atoms with Gasteiger partial charge in [0, 0.05) is 43.7 Å². The number of para-hydroxylation sites is 1. The number of alkyl halides is 3. The van der Waals surface area contributed by atoms with Crippen LogP contribution in [-0.2, 0) is 6.18 Å². The molecule has 35 heavy (non-hydrogen) atoms. The number of anilines is 1. The molecule has 0 unspecified atom stereocenters. The maximum Gasteiger partial charge on any atom is 0.449 e. The molecular formula is C24H25F3N6O2. The van der Waals surface area contributed by atoms with Gasteiger partial charge in [-0.05, 0) is 43.7 Å². The molecule has 184 valence electrons. The Balaban J connectivity index is 1.08. The van der Waals surface area contributed by atoms with Crippen molar-refractivity contribution < 1.29 is 17.9 Å². The Morgan fingerprint density at radius 3 is 2.54 bits per heavy atom. The van der Waals surface area contributed by atoms with E-state index < -0.39 is 12.0 Å². The number of piperazine rings is 1. The average molecular weight is 486 g/mol. The number of pyridine rings is 2. The van der Waals surface area contributed by atoms with Gasteiger partial charge in [0.25, 0.3) is 0 Å². The van der Waals surface area contributed by atoms with Gasteiger partial charge in [0.1, 0.15) is 11.2 Å². The van der Waals surface area contributed by atoms with Crippen molar-refractivity contribution in [3.05, 3.63) is 58.6 Å². The highest BCUT2D eigenvalue weighted by Crippen LogP contribution is 2.32. The van der Waals surface area contributed by atoms with Crippen molar-refractivity contribution in [3.8, 4) is 5.88 Å². The lowest BCUT2D eigenvalue weighted by atomic mass is 10.2. The van der Waals surface area contributed by atoms with Crippen molar-refractivity contribution in [1.29, 1.82) is 0 Å². The fourth-order valence-corrected chi connectivity index (χ4v) is 4.32. The number of H-pyrrole nitrogens is 2. The van der Waals surface area contributed by atoms with Crippen LogP contribution < -0.4 is 15.2 Å². The molecule has 0 bridgehead atoms. The van der Waals surface area contributed by atoms with Crippen molar-refractivity contribution in [2.75, 3.05) is 44.2 Å². The second-order valence-corrected chi connectivity index (χ2v) is 8.55. The number of aromatic amines is 2. The van der Waals surface area contributed by atoms with Crippen molar-refractivity contribution in [2.45, 2.75) is 19.0 Å². The first-order valence-corrected chi connectivity index (χ1v) is 11.5. The standard InChI is InChI=1S/C24H25F3N6O2/c25-24(26,27)23-28-17-4-3-5-18(21(17)31-23)33-13-11-32(12-14-33)10-1-2-15-35-20-9-7-16-6-8-19(34)29-22(16)30-20/h3-9H,1-2,10-15H2,(H,28,31)(H,29,30,34). The molecule has 1 aromatic carbocycles. The molecule has 5 rings (SSSR count). The number of imidazole rings is 1. The molecule has 0 aliphatic carbocycles. The Hall–Kier alpha value is -3.60. The molecule has 0 spiro atoms. The predicted molar refractivity (Wildman–Crippen MR) is 127 cm³/mol. The van der Waals surface area contributed by atoms with Gasteiger partial charge in [-0.15, -0.1) is 0 Å². The summed E-state index contributed by atoms with van der Waals surface area (Å²) in [5.41, 5.74) is 1.79. The van der Waals surface area contributed by atoms with Crippen LogP contribution in [0.3, 0.4) is 0 Å². The second-order valence-electron chi connectivity index (χ2n) is 8.55. The number of nitrogens with zero attached hydrogens (tertiary/aromatic N) is 4. The summed E-state index contributed by atoms with van der Waals surface area (Å²) in [5, 5.41) is 0.848. The molecule has 1 saturated heterocycles. The summed E-state index contributed by atoms with van der Waals surface area (Å²) in [7, 11) is 0. The van der Waals surface area contributed by atoms with Crippen LogP contribution in [0.2, 0.25) is 0 Å². The highest BCUT2D eigenvalue weighted by Gasteiger charge is 2.35. The molecule has 0 saturated carbocycles. The maximum atomic E-state index is 13.1. The molecule has 1 aliphatic rings. The van der Waals surface area contributed by atoms with Crippen LogP contribution in [-0.4, -0.2) is 64.2 Å². The Morgan fingerprint density at radius 2 is 1.74 bits per heavy atom. The summed E-state index contributed by atoms with van der Waals surface area (Å²) in [6.45, 7) is 4.55. The zero-order valence-corrected chi connectivity index (χ0v) is 18.9. The second kappa shape index (κ2) is 9.57. The van der Waals surface area contributed by atoms with Gasteiger partial charge in [-0.1, -0.05) is 6.07 Å². The van der Waals surface area contributed by atoms with Crippen LogP contribution >= 0.6 is 0 Å². The molecule has 1 fully saturated rings. The Bertz CT molecular complexity index is 1380. The number of ether oxygens (including phenoxy) is 1. The van der Waals surface area contributed by atoms with Gasteiger partial charge in [-0.3, -0.25) is 9.69 Å². The van der Waals surface area contributed by atoms with Crippen molar-refractivity contribution in [2.24, 2.45) is 0 Å². The first kappa shape index (κ1) is 23.2. The lowest BCUT2D eigenvalue weighted by molar-refractivity contribution is -0.144. The zero-order chi connectivity index (χ0) is 24.4. The fourth-order valence-electron chi connectivity index (χ4n) is 4.32. The quantitative estimate of drug-likeness (QED) is 0.386. The normalized spacial score (nSPS) is 15.2. The molecule has 1 aliphatic heterocycles. The molecule has 0 amide bonds. The van der Waals surface area contributed by atoms with Crippen LogP contribution in [0.1, 0.15) is 18.7 Å². The number of halogens is 3. The molecule has 4 aromatic rings. The van der Waals surface area contributed by atoms with Gasteiger partial charge in [0.05, 0.1) is 17.8 Å². The fraction of sp³-hybridized carbons (Fsp3) is 0.375. The topological polar surface area (TPSA) is 90.1 Å². The first-order chi connectivity index (χ1) is 16.9. The summed E-state index contributed by atoms with van der Waals surface area (Å²) in [4.78, 5) is 29.1. The smallest absolute Gasteiger partial charge is 0.449 e. The van der Waals surface area contributed by atoms with Crippen LogP contribution in [0.5, 0.6) is 5.88 Å². The summed E-state index contributed by atoms with van der Waals surface area (Å²) in [6, 6.07) is 12.0. The maximum absolute atomic E-state index is 13.1. The molecule has 2 N–H and O–H groups in total. The van der Waals surface area contributed by atoms with E-state index in [-0.39, 0.29) is 5.56 Å². The van der Waals surface area contributed by atoms with E-state index in [1.807, 2.05) is 12.1 Å². The summed E-state index contributed by atoms with van der Waals surface area (Å²) in [5.74, 6) is -0.484. The highest BCUT2D eigenvalue weighted by atomic mass is 19.4. The Morgan fingerprint density at radius 1 is 0.943 bits per heavy atom. The zero-order valence-electron chi connectivity index (χ0n) is 18.9. The van der Waals surface area contributed by atoms with E-state index in [2.05, 4.69) is 29.7 Å². The largest absolute Gasteiger partial charge is 0.478 e. The van der Waals surface area contributed by atoms with Crippen LogP contribution in [0, 0.1) is 0 Å². The predicted octanol–water partition coefficient (Wildman–Crippen LogP) is 3.80. The Labute approximate surface area is 198 Å². The molecule has 8 nitrogen and oxygen atoms in total. The number of benzene rings is 1. The van der Waals surface area contributed by atoms with Crippen molar-refractivity contribution in [3.63, 3.8) is 0 Å². The number of nitrogens with one attached hydrogen (secondary N) is 2. The summed E-state index contributed by atoms with van der Waals surface area (Å²) in [6.07, 6.45) is -2.69. The minimum atomic E-state index is -4.50. The average Bonchev–Trinajstić information content (AvgIpc) is 3.29. The summed E-state index contributed by atoms with van der Waals surface area (Å²) < 4.78 is 44.9. The number of unbranched alkanes of at least 4 members (excludes halogenated alkanes) is 1. The van der Waals surface area contributed by atoms with Crippen molar-refractivity contribution in [1.82, 2.24) is 24.8 Å². The third-order valence-corrected chi connectivity index (χ3v) is 6.15. The monoisotopic (exact) mass is 486 g/mol. The number of rotatable bonds is 7. The molecule has 4 heterocycles. The van der Waals surface area contributed by atoms with E-state index in [4.69, 9.17) is 4.74 Å². The molecule has 3 aromatic heterocycles. The van der Waals surface area contributed by atoms with E-state index in [1.165, 1.54) is 6.07 Å². The van der Waals surface area contributed by atoms with E-state index in [9.17, 15) is 18.0 Å². The SMILES string of the molecule is O=c1ccc2ccc(OCCCCN3CCN(c4cccc5[nH]c(C(F)(F)F)nc45)CC3)nc2[nH]1. The molecule has 0 atom stereocenters. The highest BCUT2D eigenvalue weighted by molar-refractivity contribution is 5.89. The first-order valence-electron chi connectivity index (χ1n) is 11.5. The molecule has 11 heteroatoms. The number of hydrogen-bond donors (Lipinski definition) is 2. The van der Waals surface area contributed by atoms with E-state index >= 15 is 0 Å². The lowest BCUT2D eigenvalue weighted by Crippen LogP contribution is -2.46. The van der Waals surface area contributed by atoms with Crippen molar-refractivity contribution >= 4 is 27.8 Å². The minimum Gasteiger partial charge on any atom is -0.478 e. The van der Waals surface area contributed by atoms with E-state index in [0.717, 1.165) is 56.6 Å². The van der Waals surface area contributed by atoms with Gasteiger partial charge >= 0.3 is 6.18 Å². The van der Waals surface area contributed by atoms with E-state index in [0.29, 0.717) is 29.2 Å². The van der Waals surface area contributed by atoms with Gasteiger partial charge in [-0.2, -0.15) is 18.2 Å². The molecule has 0 radical (unpaired) electrons. The van der Waals surface area contributed by atoms with Crippen LogP contribution in [0.4, 0.5) is 18.9 Å². The van der Waals surface area contributed by atoms with Crippen LogP contribution in [0.15, 0.2) is 47.3 Å². The van der Waals surface area contributed by atoms with Gasteiger partial charge in [0.15, 0.2) is 0 Å². The molecular weight excluding hydrogens is 461 g/mol. The number of aromatic nitrogens is 4. The third kappa shape index (κ3) is 5.24. The van der Waals surface area contributed by atoms with E-state index in [1.54, 1.807) is 24.3 Å². The number of hydrogen-bond acceptors (Lipinski definition) is 6. The summed E-state index contributed by atoms with van der Waals surface area (Å²) >= 11 is 0. The van der Waals surface area contributed by atoms with Crippen LogP contribution in [0.25, 0.3) is 22.1 Å². The Kier molecular flexibility index (Phi) is 6.33. The van der Waals surface area contributed by atoms with Gasteiger partial charge in [-0.25, -0.2) is 4.98 Å².